The molecule has 0 spiro atoms. The number of hydrogen-bond acceptors (Lipinski definition) is 9. The number of nitrogens with two attached hydrogens (primary N) is 1. The van der Waals surface area contributed by atoms with Gasteiger partial charge in [0.05, 0.1) is 20.0 Å². The molecule has 0 aromatic heterocycles. The summed E-state index contributed by atoms with van der Waals surface area (Å²) >= 11 is 0. The van der Waals surface area contributed by atoms with Gasteiger partial charge in [-0.3, -0.25) is 15.2 Å². The van der Waals surface area contributed by atoms with Crippen LogP contribution >= 0.6 is 0 Å². The summed E-state index contributed by atoms with van der Waals surface area (Å²) in [5.74, 6) is 1.95. The first-order valence-corrected chi connectivity index (χ1v) is 15.2. The molecule has 43 heavy (non-hydrogen) atoms. The fourth-order valence-electron chi connectivity index (χ4n) is 3.63. The van der Waals surface area contributed by atoms with Crippen LogP contribution in [0.4, 0.5) is 0 Å². The van der Waals surface area contributed by atoms with Crippen LogP contribution in [-0.4, -0.2) is 102 Å². The van der Waals surface area contributed by atoms with E-state index in [4.69, 9.17) is 19.9 Å². The zero-order valence-corrected chi connectivity index (χ0v) is 27.4. The molecule has 0 saturated carbocycles. The van der Waals surface area contributed by atoms with Gasteiger partial charge >= 0.3 is 0 Å². The minimum Gasteiger partial charge on any atom is -0.493 e. The highest BCUT2D eigenvalue weighted by Gasteiger charge is 2.15. The number of aliphatic imine (C=N–C) groups is 1. The Hall–Kier alpha value is -3.37. The Bertz CT molecular complexity index is 944. The number of hydrogen-bond donors (Lipinski definition) is 3. The Balaban J connectivity index is 0.00000152. The lowest BCUT2D eigenvalue weighted by Gasteiger charge is -2.32. The van der Waals surface area contributed by atoms with Gasteiger partial charge in [-0.2, -0.15) is 0 Å². The molecule has 0 aromatic rings. The third kappa shape index (κ3) is 20.2. The number of nitrogens with one attached hydrogen (secondary N) is 2. The predicted molar refractivity (Wildman–Crippen MR) is 184 cm³/mol. The molecular weight excluding hydrogens is 540 g/mol. The van der Waals surface area contributed by atoms with Gasteiger partial charge < -0.3 is 30.2 Å². The van der Waals surface area contributed by atoms with Gasteiger partial charge in [0.15, 0.2) is 11.5 Å². The molecule has 1 unspecified atom stereocenters. The summed E-state index contributed by atoms with van der Waals surface area (Å²) in [5, 5.41) is 6.43. The van der Waals surface area contributed by atoms with Crippen molar-refractivity contribution >= 4 is 6.34 Å². The van der Waals surface area contributed by atoms with E-state index in [0.717, 1.165) is 50.5 Å². The Labute approximate surface area is 261 Å². The maximum atomic E-state index is 6.09. The monoisotopic (exact) mass is 598 g/mol. The van der Waals surface area contributed by atoms with Crippen LogP contribution in [0.25, 0.3) is 0 Å². The molecule has 9 heteroatoms. The number of nitrogens with zero attached hydrogens (tertiary/aromatic N) is 3. The standard InChI is InChI=1S/C24H40N6O3.C8H12.C2H6/c1-5-7-27-24-16-21(18-26-19-28-24)32-13-6-22(31-4)23(15-20(2)17-25)33-14-12-30-10-8-29(3)9-11-30;1-3-5-7-8-6-4-2;1-2/h5-6,15-16,19,24,27H,1-2,7-14,17-18,25H2,3-4H3,(H,26,28);3,5-8H,1,4H2,2H3;1-2H3/b22-6+,23-15+;7-5-,8-6-;. The van der Waals surface area contributed by atoms with Gasteiger partial charge in [0, 0.05) is 45.8 Å². The molecule has 0 amide bonds. The molecule has 1 saturated heterocycles. The van der Waals surface area contributed by atoms with Crippen molar-refractivity contribution in [3.63, 3.8) is 0 Å². The van der Waals surface area contributed by atoms with Crippen LogP contribution in [-0.2, 0) is 14.2 Å². The minimum absolute atomic E-state index is 0.0728. The van der Waals surface area contributed by atoms with Crippen molar-refractivity contribution in [2.75, 3.05) is 79.7 Å². The maximum Gasteiger partial charge on any atom is 0.161 e. The Morgan fingerprint density at radius 3 is 2.53 bits per heavy atom. The fourth-order valence-corrected chi connectivity index (χ4v) is 3.63. The average molecular weight is 599 g/mol. The van der Waals surface area contributed by atoms with E-state index < -0.39 is 0 Å². The van der Waals surface area contributed by atoms with Crippen molar-refractivity contribution in [1.29, 1.82) is 0 Å². The number of ether oxygens (including phenoxy) is 3. The highest BCUT2D eigenvalue weighted by molar-refractivity contribution is 5.56. The highest BCUT2D eigenvalue weighted by atomic mass is 16.5. The number of methoxy groups -OCH3 is 1. The first-order chi connectivity index (χ1) is 21.0. The largest absolute Gasteiger partial charge is 0.493 e. The maximum absolute atomic E-state index is 6.09. The number of allylic oxidation sites excluding steroid dienone is 5. The summed E-state index contributed by atoms with van der Waals surface area (Å²) in [6.45, 7) is 24.8. The van der Waals surface area contributed by atoms with E-state index in [2.05, 4.69) is 65.2 Å². The molecule has 9 nitrogen and oxygen atoms in total. The van der Waals surface area contributed by atoms with Gasteiger partial charge in [0.2, 0.25) is 0 Å². The topological polar surface area (TPSA) is 96.6 Å². The quantitative estimate of drug-likeness (QED) is 0.128. The van der Waals surface area contributed by atoms with E-state index in [1.54, 1.807) is 25.6 Å². The zero-order chi connectivity index (χ0) is 32.1. The van der Waals surface area contributed by atoms with Crippen LogP contribution in [0, 0.1) is 0 Å². The van der Waals surface area contributed by atoms with E-state index in [0.29, 0.717) is 44.4 Å². The van der Waals surface area contributed by atoms with E-state index >= 15 is 0 Å². The first kappa shape index (κ1) is 39.6. The second-order valence-electron chi connectivity index (χ2n) is 9.35. The van der Waals surface area contributed by atoms with Crippen molar-refractivity contribution in [2.45, 2.75) is 33.4 Å². The summed E-state index contributed by atoms with van der Waals surface area (Å²) in [4.78, 5) is 9.02. The molecule has 1 atom stereocenters. The van der Waals surface area contributed by atoms with E-state index in [9.17, 15) is 0 Å². The number of likely N-dealkylation sites (N-methyl/N-ethyl adjacent to an activating group) is 1. The van der Waals surface area contributed by atoms with E-state index in [1.165, 1.54) is 0 Å². The lowest BCUT2D eigenvalue weighted by molar-refractivity contribution is 0.106. The molecule has 2 rings (SSSR count). The molecule has 242 valence electrons. The smallest absolute Gasteiger partial charge is 0.161 e. The molecular formula is C34H58N6O3. The van der Waals surface area contributed by atoms with Crippen LogP contribution in [0.1, 0.15) is 27.2 Å². The van der Waals surface area contributed by atoms with Crippen LogP contribution < -0.4 is 16.4 Å². The highest BCUT2D eigenvalue weighted by Crippen LogP contribution is 2.16. The SMILES string of the molecule is C=C/C=C\C=C/CC.C=CCNC1C=C(OC/C=C(OC)\C(=C/C(=C)CN)OCCN2CCN(C)CC2)CN=CN1.CC. The van der Waals surface area contributed by atoms with Crippen LogP contribution in [0.5, 0.6) is 0 Å². The van der Waals surface area contributed by atoms with Gasteiger partial charge in [-0.1, -0.05) is 70.4 Å². The molecule has 4 N–H and O–H groups in total. The molecule has 2 heterocycles. The van der Waals surface area contributed by atoms with Gasteiger partial charge in [-0.05, 0) is 37.3 Å². The number of piperazine rings is 1. The molecule has 1 fully saturated rings. The lowest BCUT2D eigenvalue weighted by atomic mass is 10.2. The molecule has 2 aliphatic heterocycles. The van der Waals surface area contributed by atoms with Crippen molar-refractivity contribution < 1.29 is 14.2 Å². The van der Waals surface area contributed by atoms with Gasteiger partial charge in [0.25, 0.3) is 0 Å². The third-order valence-electron chi connectivity index (χ3n) is 6.02. The Morgan fingerprint density at radius 2 is 1.91 bits per heavy atom. The van der Waals surface area contributed by atoms with Crippen LogP contribution in [0.2, 0.25) is 0 Å². The summed E-state index contributed by atoms with van der Waals surface area (Å²) in [6, 6.07) is 0. The fraction of sp³-hybridized carbons (Fsp3) is 0.500. The molecule has 0 bridgehead atoms. The predicted octanol–water partition coefficient (Wildman–Crippen LogP) is 4.53. The minimum atomic E-state index is -0.0728. The zero-order valence-electron chi connectivity index (χ0n) is 27.4. The molecule has 0 aliphatic carbocycles. The van der Waals surface area contributed by atoms with Gasteiger partial charge in [-0.25, -0.2) is 0 Å². The summed E-state index contributed by atoms with van der Waals surface area (Å²) in [5.41, 5.74) is 6.50. The Kier molecular flexibility index (Phi) is 25.3. The van der Waals surface area contributed by atoms with E-state index in [1.807, 2.05) is 50.3 Å². The average Bonchev–Trinajstić information content (AvgIpc) is 3.27. The molecule has 0 radical (unpaired) electrons. The van der Waals surface area contributed by atoms with E-state index in [-0.39, 0.29) is 6.17 Å². The summed E-state index contributed by atoms with van der Waals surface area (Å²) < 4.78 is 17.6. The first-order valence-electron chi connectivity index (χ1n) is 15.2. The number of rotatable bonds is 17. The normalized spacial score (nSPS) is 17.9. The summed E-state index contributed by atoms with van der Waals surface area (Å²) in [6.07, 6.45) is 19.9. The summed E-state index contributed by atoms with van der Waals surface area (Å²) in [7, 11) is 3.76. The second kappa shape index (κ2) is 27.5. The Morgan fingerprint density at radius 1 is 1.16 bits per heavy atom. The van der Waals surface area contributed by atoms with Gasteiger partial charge in [-0.15, -0.1) is 6.58 Å². The van der Waals surface area contributed by atoms with Crippen LogP contribution in [0.3, 0.4) is 0 Å². The van der Waals surface area contributed by atoms with Crippen molar-refractivity contribution in [2.24, 2.45) is 10.7 Å². The second-order valence-corrected chi connectivity index (χ2v) is 9.35. The van der Waals surface area contributed by atoms with Crippen molar-refractivity contribution in [3.8, 4) is 0 Å². The van der Waals surface area contributed by atoms with Crippen molar-refractivity contribution in [3.05, 3.63) is 97.3 Å². The van der Waals surface area contributed by atoms with Crippen LogP contribution in [0.15, 0.2) is 102 Å². The third-order valence-corrected chi connectivity index (χ3v) is 6.02. The molecule has 0 aromatic carbocycles. The molecule has 2 aliphatic rings. The van der Waals surface area contributed by atoms with Crippen molar-refractivity contribution in [1.82, 2.24) is 20.4 Å². The lowest BCUT2D eigenvalue weighted by Crippen LogP contribution is -2.45. The van der Waals surface area contributed by atoms with Gasteiger partial charge in [0.1, 0.15) is 25.1 Å².